The Morgan fingerprint density at radius 1 is 1.47 bits per heavy atom. The van der Waals surface area contributed by atoms with Gasteiger partial charge in [-0.15, -0.1) is 11.8 Å². The Hall–Kier alpha value is -0.760. The number of nitrogens with zero attached hydrogens (tertiary/aromatic N) is 2. The molecule has 1 fully saturated rings. The first-order valence-corrected chi connectivity index (χ1v) is 7.81. The van der Waals surface area contributed by atoms with Gasteiger partial charge in [-0.05, 0) is 36.8 Å². The van der Waals surface area contributed by atoms with Crippen molar-refractivity contribution in [2.24, 2.45) is 0 Å². The van der Waals surface area contributed by atoms with Crippen LogP contribution in [0.3, 0.4) is 0 Å². The van der Waals surface area contributed by atoms with Crippen LogP contribution in [0.1, 0.15) is 18.4 Å². The van der Waals surface area contributed by atoms with E-state index in [0.29, 0.717) is 0 Å². The van der Waals surface area contributed by atoms with Gasteiger partial charge in [-0.2, -0.15) is 5.26 Å². The Balaban J connectivity index is 1.96. The minimum atomic E-state index is -0.380. The normalized spacial score (nSPS) is 19.1. The lowest BCUT2D eigenvalue weighted by Gasteiger charge is -2.36. The first kappa shape index (κ1) is 14.6. The van der Waals surface area contributed by atoms with Gasteiger partial charge in [-0.25, -0.2) is 4.39 Å². The number of thioether (sulfide) groups is 1. The second kappa shape index (κ2) is 6.13. The number of likely N-dealkylation sites (tertiary alicyclic amines) is 1. The maximum atomic E-state index is 13.1. The van der Waals surface area contributed by atoms with Crippen LogP contribution in [0, 0.1) is 17.1 Å². The van der Waals surface area contributed by atoms with Crippen molar-refractivity contribution >= 4 is 23.4 Å². The maximum Gasteiger partial charge on any atom is 0.141 e. The van der Waals surface area contributed by atoms with Crippen LogP contribution < -0.4 is 0 Å². The summed E-state index contributed by atoms with van der Waals surface area (Å²) in [6.45, 7) is 2.54. The smallest absolute Gasteiger partial charge is 0.141 e. The summed E-state index contributed by atoms with van der Waals surface area (Å²) in [4.78, 5) is 2.29. The number of benzene rings is 1. The minimum Gasteiger partial charge on any atom is -0.299 e. The van der Waals surface area contributed by atoms with Crippen molar-refractivity contribution in [3.05, 3.63) is 34.6 Å². The molecule has 0 aliphatic carbocycles. The topological polar surface area (TPSA) is 27.0 Å². The second-order valence-corrected chi connectivity index (χ2v) is 6.43. The summed E-state index contributed by atoms with van der Waals surface area (Å²) in [5, 5.41) is 9.41. The van der Waals surface area contributed by atoms with Crippen LogP contribution in [0.5, 0.6) is 0 Å². The summed E-state index contributed by atoms with van der Waals surface area (Å²) < 4.78 is 12.9. The lowest BCUT2D eigenvalue weighted by molar-refractivity contribution is 0.209. The van der Waals surface area contributed by atoms with E-state index >= 15 is 0 Å². The van der Waals surface area contributed by atoms with Crippen LogP contribution >= 0.6 is 23.4 Å². The molecule has 0 spiro atoms. The molecule has 2 nitrogen and oxygen atoms in total. The van der Waals surface area contributed by atoms with Crippen LogP contribution in [0.25, 0.3) is 0 Å². The van der Waals surface area contributed by atoms with Gasteiger partial charge in [0.1, 0.15) is 10.6 Å². The van der Waals surface area contributed by atoms with Crippen LogP contribution in [-0.4, -0.2) is 29.0 Å². The van der Waals surface area contributed by atoms with Crippen LogP contribution in [0.15, 0.2) is 18.2 Å². The quantitative estimate of drug-likeness (QED) is 0.851. The lowest BCUT2D eigenvalue weighted by Crippen LogP contribution is -2.41. The summed E-state index contributed by atoms with van der Waals surface area (Å²) in [7, 11) is 0. The number of piperidine rings is 1. The predicted octanol–water partition coefficient (Wildman–Crippen LogP) is 3.70. The molecule has 1 aliphatic heterocycles. The van der Waals surface area contributed by atoms with E-state index < -0.39 is 0 Å². The average Bonchev–Trinajstić information content (AvgIpc) is 2.44. The Kier molecular flexibility index (Phi) is 4.72. The van der Waals surface area contributed by atoms with Gasteiger partial charge >= 0.3 is 0 Å². The zero-order chi connectivity index (χ0) is 13.9. The average molecular weight is 299 g/mol. The monoisotopic (exact) mass is 298 g/mol. The largest absolute Gasteiger partial charge is 0.299 e. The van der Waals surface area contributed by atoms with E-state index in [1.165, 1.54) is 6.07 Å². The third-order valence-electron chi connectivity index (χ3n) is 3.65. The molecule has 102 valence electrons. The van der Waals surface area contributed by atoms with Crippen molar-refractivity contribution in [3.63, 3.8) is 0 Å². The van der Waals surface area contributed by atoms with Crippen LogP contribution in [0.2, 0.25) is 5.02 Å². The molecular weight excluding hydrogens is 283 g/mol. The fourth-order valence-electron chi connectivity index (χ4n) is 2.33. The van der Waals surface area contributed by atoms with Crippen LogP contribution in [0.4, 0.5) is 4.39 Å². The predicted molar refractivity (Wildman–Crippen MR) is 77.8 cm³/mol. The molecule has 1 aromatic rings. The molecule has 1 aromatic carbocycles. The summed E-state index contributed by atoms with van der Waals surface area (Å²) in [6.07, 6.45) is 3.75. The summed E-state index contributed by atoms with van der Waals surface area (Å²) in [5.41, 5.74) is 1.01. The Labute approximate surface area is 122 Å². The van der Waals surface area contributed by atoms with Gasteiger partial charge in [-0.1, -0.05) is 17.7 Å². The number of hydrogen-bond donors (Lipinski definition) is 0. The standard InChI is InChI=1S/C14H16ClFN2S/c1-19-14(10-17)4-6-18(7-5-14)9-11-2-3-13(16)12(15)8-11/h2-3,8H,4-7,9H2,1H3. The van der Waals surface area contributed by atoms with Gasteiger partial charge in [0, 0.05) is 19.6 Å². The summed E-state index contributed by atoms with van der Waals surface area (Å²) in [6, 6.07) is 7.28. The molecule has 5 heteroatoms. The Morgan fingerprint density at radius 3 is 2.68 bits per heavy atom. The van der Waals surface area contributed by atoms with E-state index in [0.717, 1.165) is 38.0 Å². The first-order valence-electron chi connectivity index (χ1n) is 6.21. The summed E-state index contributed by atoms with van der Waals surface area (Å²) in [5.74, 6) is -0.380. The van der Waals surface area contributed by atoms with Crippen molar-refractivity contribution < 1.29 is 4.39 Å². The highest BCUT2D eigenvalue weighted by Crippen LogP contribution is 2.34. The molecule has 2 rings (SSSR count). The van der Waals surface area contributed by atoms with Crippen molar-refractivity contribution in [3.8, 4) is 6.07 Å². The number of nitriles is 1. The van der Waals surface area contributed by atoms with Gasteiger partial charge in [0.2, 0.25) is 0 Å². The van der Waals surface area contributed by atoms with Gasteiger partial charge in [0.05, 0.1) is 11.1 Å². The molecule has 19 heavy (non-hydrogen) atoms. The molecular formula is C14H16ClFN2S. The highest BCUT2D eigenvalue weighted by atomic mass is 35.5. The highest BCUT2D eigenvalue weighted by Gasteiger charge is 2.33. The summed E-state index contributed by atoms with van der Waals surface area (Å²) >= 11 is 7.43. The molecule has 1 aliphatic rings. The molecule has 0 radical (unpaired) electrons. The molecule has 0 atom stereocenters. The molecule has 0 unspecified atom stereocenters. The van der Waals surface area contributed by atoms with Crippen LogP contribution in [-0.2, 0) is 6.54 Å². The molecule has 1 saturated heterocycles. The van der Waals surface area contributed by atoms with Gasteiger partial charge < -0.3 is 0 Å². The fourth-order valence-corrected chi connectivity index (χ4v) is 3.22. The number of hydrogen-bond acceptors (Lipinski definition) is 3. The molecule has 1 heterocycles. The minimum absolute atomic E-state index is 0.171. The highest BCUT2D eigenvalue weighted by molar-refractivity contribution is 8.00. The van der Waals surface area contributed by atoms with Gasteiger partial charge in [-0.3, -0.25) is 4.90 Å². The van der Waals surface area contributed by atoms with Crippen molar-refractivity contribution in [2.75, 3.05) is 19.3 Å². The van der Waals surface area contributed by atoms with E-state index in [1.54, 1.807) is 23.9 Å². The fraction of sp³-hybridized carbons (Fsp3) is 0.500. The molecule has 0 aromatic heterocycles. The SMILES string of the molecule is CSC1(C#N)CCN(Cc2ccc(F)c(Cl)c2)CC1. The van der Waals surface area contributed by atoms with E-state index in [1.807, 2.05) is 6.26 Å². The van der Waals surface area contributed by atoms with E-state index in [2.05, 4.69) is 11.0 Å². The Morgan fingerprint density at radius 2 is 2.16 bits per heavy atom. The van der Waals surface area contributed by atoms with Crippen molar-refractivity contribution in [1.29, 1.82) is 5.26 Å². The van der Waals surface area contributed by atoms with Crippen molar-refractivity contribution in [1.82, 2.24) is 4.90 Å². The van der Waals surface area contributed by atoms with E-state index in [4.69, 9.17) is 11.6 Å². The molecule has 0 amide bonds. The van der Waals surface area contributed by atoms with Crippen molar-refractivity contribution in [2.45, 2.75) is 24.1 Å². The molecule has 0 saturated carbocycles. The third-order valence-corrected chi connectivity index (χ3v) is 5.22. The Bertz CT molecular complexity index is 493. The van der Waals surface area contributed by atoms with E-state index in [9.17, 15) is 9.65 Å². The zero-order valence-electron chi connectivity index (χ0n) is 10.8. The number of halogens is 2. The number of rotatable bonds is 3. The second-order valence-electron chi connectivity index (χ2n) is 4.83. The van der Waals surface area contributed by atoms with E-state index in [-0.39, 0.29) is 15.6 Å². The van der Waals surface area contributed by atoms with Gasteiger partial charge in [0.25, 0.3) is 0 Å². The first-order chi connectivity index (χ1) is 9.08. The maximum absolute atomic E-state index is 13.1. The molecule has 0 N–H and O–H groups in total. The lowest BCUT2D eigenvalue weighted by atomic mass is 9.97. The molecule has 0 bridgehead atoms. The third kappa shape index (κ3) is 3.42. The van der Waals surface area contributed by atoms with Gasteiger partial charge in [0.15, 0.2) is 0 Å². The zero-order valence-corrected chi connectivity index (χ0v) is 12.4.